The fraction of sp³-hybridized carbons (Fsp3) is 0.579. The quantitative estimate of drug-likeness (QED) is 0.895. The maximum atomic E-state index is 13.0. The minimum atomic E-state index is 0.0751. The van der Waals surface area contributed by atoms with Crippen LogP contribution in [0.25, 0.3) is 0 Å². The molecule has 0 aromatic heterocycles. The van der Waals surface area contributed by atoms with E-state index in [1.165, 1.54) is 0 Å². The van der Waals surface area contributed by atoms with Gasteiger partial charge in [0.2, 0.25) is 5.91 Å². The first-order valence-corrected chi connectivity index (χ1v) is 9.08. The van der Waals surface area contributed by atoms with E-state index < -0.39 is 0 Å². The van der Waals surface area contributed by atoms with Gasteiger partial charge in [-0.05, 0) is 56.3 Å². The summed E-state index contributed by atoms with van der Waals surface area (Å²) in [4.78, 5) is 27.2. The molecule has 1 saturated carbocycles. The Kier molecular flexibility index (Phi) is 4.04. The highest BCUT2D eigenvalue weighted by Crippen LogP contribution is 2.38. The summed E-state index contributed by atoms with van der Waals surface area (Å²) in [6, 6.07) is 8.05. The van der Waals surface area contributed by atoms with Gasteiger partial charge in [-0.3, -0.25) is 9.59 Å². The fourth-order valence-corrected chi connectivity index (χ4v) is 4.12. The summed E-state index contributed by atoms with van der Waals surface area (Å²) in [6.07, 6.45) is 4.18. The Morgan fingerprint density at radius 3 is 2.79 bits per heavy atom. The third-order valence-corrected chi connectivity index (χ3v) is 5.71. The molecule has 2 N–H and O–H groups in total. The van der Waals surface area contributed by atoms with Gasteiger partial charge in [0.25, 0.3) is 5.91 Å². The lowest BCUT2D eigenvalue weighted by atomic mass is 10.1. The maximum Gasteiger partial charge on any atom is 0.254 e. The van der Waals surface area contributed by atoms with Crippen LogP contribution in [0.2, 0.25) is 0 Å². The van der Waals surface area contributed by atoms with Gasteiger partial charge in [0.05, 0.1) is 0 Å². The predicted octanol–water partition coefficient (Wildman–Crippen LogP) is 2.25. The topological polar surface area (TPSA) is 61.4 Å². The molecule has 4 unspecified atom stereocenters. The van der Waals surface area contributed by atoms with E-state index in [9.17, 15) is 9.59 Å². The van der Waals surface area contributed by atoms with Gasteiger partial charge in [-0.1, -0.05) is 13.0 Å². The third kappa shape index (κ3) is 2.93. The Labute approximate surface area is 142 Å². The Morgan fingerprint density at radius 2 is 2.00 bits per heavy atom. The van der Waals surface area contributed by atoms with Crippen molar-refractivity contribution < 1.29 is 9.59 Å². The SMILES string of the molecule is CC1CC1C(=O)Nc1cccc(C(=O)N2C3CCNCC2CC3)c1. The van der Waals surface area contributed by atoms with E-state index in [4.69, 9.17) is 0 Å². The van der Waals surface area contributed by atoms with E-state index in [0.29, 0.717) is 23.6 Å². The first-order valence-electron chi connectivity index (χ1n) is 9.08. The van der Waals surface area contributed by atoms with Gasteiger partial charge in [-0.25, -0.2) is 0 Å². The number of hydrogen-bond acceptors (Lipinski definition) is 3. The molecule has 2 aliphatic heterocycles. The fourth-order valence-electron chi connectivity index (χ4n) is 4.12. The highest BCUT2D eigenvalue weighted by molar-refractivity contribution is 5.98. The Morgan fingerprint density at radius 1 is 1.21 bits per heavy atom. The van der Waals surface area contributed by atoms with E-state index in [-0.39, 0.29) is 17.7 Å². The largest absolute Gasteiger partial charge is 0.331 e. The monoisotopic (exact) mass is 327 g/mol. The summed E-state index contributed by atoms with van der Waals surface area (Å²) in [5.41, 5.74) is 1.40. The van der Waals surface area contributed by atoms with Gasteiger partial charge in [-0.15, -0.1) is 0 Å². The molecular weight excluding hydrogens is 302 g/mol. The van der Waals surface area contributed by atoms with Crippen molar-refractivity contribution in [1.29, 1.82) is 0 Å². The number of hydrogen-bond donors (Lipinski definition) is 2. The number of carbonyl (C=O) groups is 2. The van der Waals surface area contributed by atoms with E-state index in [1.54, 1.807) is 0 Å². The average molecular weight is 327 g/mol. The molecule has 128 valence electrons. The molecule has 3 aliphatic rings. The molecule has 5 heteroatoms. The highest BCUT2D eigenvalue weighted by atomic mass is 16.2. The number of benzene rings is 1. The van der Waals surface area contributed by atoms with Gasteiger partial charge >= 0.3 is 0 Å². The molecule has 3 fully saturated rings. The molecule has 2 saturated heterocycles. The molecule has 2 heterocycles. The minimum Gasteiger partial charge on any atom is -0.331 e. The smallest absolute Gasteiger partial charge is 0.254 e. The van der Waals surface area contributed by atoms with E-state index in [1.807, 2.05) is 24.3 Å². The second-order valence-electron chi connectivity index (χ2n) is 7.48. The van der Waals surface area contributed by atoms with Crippen molar-refractivity contribution in [2.75, 3.05) is 18.4 Å². The number of amides is 2. The van der Waals surface area contributed by atoms with Crippen LogP contribution in [0.3, 0.4) is 0 Å². The number of nitrogens with zero attached hydrogens (tertiary/aromatic N) is 1. The zero-order valence-electron chi connectivity index (χ0n) is 14.1. The minimum absolute atomic E-state index is 0.0751. The summed E-state index contributed by atoms with van der Waals surface area (Å²) in [5.74, 6) is 0.792. The first-order chi connectivity index (χ1) is 11.6. The van der Waals surface area contributed by atoms with Gasteiger partial charge in [-0.2, -0.15) is 0 Å². The zero-order valence-corrected chi connectivity index (χ0v) is 14.1. The predicted molar refractivity (Wildman–Crippen MR) is 92.8 cm³/mol. The van der Waals surface area contributed by atoms with Gasteiger partial charge in [0, 0.05) is 35.8 Å². The average Bonchev–Trinajstić information content (AvgIpc) is 3.21. The molecule has 4 rings (SSSR count). The number of rotatable bonds is 3. The van der Waals surface area contributed by atoms with E-state index in [0.717, 1.165) is 44.5 Å². The van der Waals surface area contributed by atoms with Crippen LogP contribution in [0.15, 0.2) is 24.3 Å². The normalized spacial score (nSPS) is 31.5. The summed E-state index contributed by atoms with van der Waals surface area (Å²) in [6.45, 7) is 3.96. The molecule has 1 aromatic carbocycles. The van der Waals surface area contributed by atoms with Crippen molar-refractivity contribution in [3.05, 3.63) is 29.8 Å². The second kappa shape index (κ2) is 6.20. The van der Waals surface area contributed by atoms with Gasteiger partial charge in [0.1, 0.15) is 0 Å². The lowest BCUT2D eigenvalue weighted by molar-refractivity contribution is -0.117. The number of anilines is 1. The third-order valence-electron chi connectivity index (χ3n) is 5.71. The van der Waals surface area contributed by atoms with Gasteiger partial charge in [0.15, 0.2) is 0 Å². The molecule has 4 atom stereocenters. The molecule has 5 nitrogen and oxygen atoms in total. The van der Waals surface area contributed by atoms with Crippen LogP contribution in [0.5, 0.6) is 0 Å². The highest BCUT2D eigenvalue weighted by Gasteiger charge is 2.40. The van der Waals surface area contributed by atoms with Crippen LogP contribution in [0.4, 0.5) is 5.69 Å². The standard InChI is InChI=1S/C19H25N3O2/c1-12-9-17(12)18(23)21-14-4-2-3-13(10-14)19(24)22-15-5-6-16(22)11-20-8-7-15/h2-4,10,12,15-17,20H,5-9,11H2,1H3,(H,21,23). The van der Waals surface area contributed by atoms with Crippen LogP contribution in [-0.4, -0.2) is 41.9 Å². The number of nitrogens with one attached hydrogen (secondary N) is 2. The van der Waals surface area contributed by atoms with Crippen molar-refractivity contribution in [2.45, 2.75) is 44.7 Å². The Bertz CT molecular complexity index is 646. The van der Waals surface area contributed by atoms with Crippen molar-refractivity contribution in [1.82, 2.24) is 10.2 Å². The molecule has 24 heavy (non-hydrogen) atoms. The van der Waals surface area contributed by atoms with Crippen LogP contribution >= 0.6 is 0 Å². The van der Waals surface area contributed by atoms with Crippen molar-refractivity contribution in [2.24, 2.45) is 11.8 Å². The summed E-state index contributed by atoms with van der Waals surface area (Å²) < 4.78 is 0. The van der Waals surface area contributed by atoms with Gasteiger partial charge < -0.3 is 15.5 Å². The summed E-state index contributed by atoms with van der Waals surface area (Å²) >= 11 is 0. The van der Waals surface area contributed by atoms with Crippen LogP contribution in [0, 0.1) is 11.8 Å². The van der Waals surface area contributed by atoms with E-state index in [2.05, 4.69) is 22.5 Å². The first kappa shape index (κ1) is 15.6. The molecule has 2 bridgehead atoms. The Hall–Kier alpha value is -1.88. The Balaban J connectivity index is 1.50. The van der Waals surface area contributed by atoms with Crippen molar-refractivity contribution in [3.63, 3.8) is 0 Å². The molecular formula is C19H25N3O2. The molecule has 0 radical (unpaired) electrons. The van der Waals surface area contributed by atoms with Crippen molar-refractivity contribution in [3.8, 4) is 0 Å². The lowest BCUT2D eigenvalue weighted by Crippen LogP contribution is -2.42. The van der Waals surface area contributed by atoms with Crippen LogP contribution in [0.1, 0.15) is 43.0 Å². The van der Waals surface area contributed by atoms with Crippen LogP contribution in [-0.2, 0) is 4.79 Å². The molecule has 0 spiro atoms. The number of fused-ring (bicyclic) bond motifs is 2. The summed E-state index contributed by atoms with van der Waals surface area (Å²) in [5, 5.41) is 6.39. The second-order valence-corrected chi connectivity index (χ2v) is 7.48. The maximum absolute atomic E-state index is 13.0. The van der Waals surface area contributed by atoms with E-state index >= 15 is 0 Å². The lowest BCUT2D eigenvalue weighted by Gasteiger charge is -2.28. The van der Waals surface area contributed by atoms with Crippen LogP contribution < -0.4 is 10.6 Å². The van der Waals surface area contributed by atoms with Crippen molar-refractivity contribution >= 4 is 17.5 Å². The number of carbonyl (C=O) groups excluding carboxylic acids is 2. The zero-order chi connectivity index (χ0) is 16.7. The summed E-state index contributed by atoms with van der Waals surface area (Å²) in [7, 11) is 0. The molecule has 1 aliphatic carbocycles. The molecule has 1 aromatic rings. The molecule has 2 amide bonds.